The zero-order valence-corrected chi connectivity index (χ0v) is 13.1. The van der Waals surface area contributed by atoms with Crippen molar-refractivity contribution in [1.29, 1.82) is 0 Å². The van der Waals surface area contributed by atoms with E-state index in [9.17, 15) is 9.59 Å². The van der Waals surface area contributed by atoms with Crippen LogP contribution in [-0.2, 0) is 16.8 Å². The molecule has 22 heavy (non-hydrogen) atoms. The molecule has 1 saturated carbocycles. The molecule has 0 spiro atoms. The predicted octanol–water partition coefficient (Wildman–Crippen LogP) is 2.84. The molecule has 3 rings (SSSR count). The minimum Gasteiger partial charge on any atom is -0.476 e. The average Bonchev–Trinajstić information content (AvgIpc) is 3.17. The highest BCUT2D eigenvalue weighted by Crippen LogP contribution is 2.48. The van der Waals surface area contributed by atoms with Gasteiger partial charge in [-0.15, -0.1) is 11.3 Å². The quantitative estimate of drug-likeness (QED) is 0.880. The van der Waals surface area contributed by atoms with Crippen molar-refractivity contribution < 1.29 is 14.7 Å². The van der Waals surface area contributed by atoms with E-state index in [-0.39, 0.29) is 18.1 Å². The second-order valence-electron chi connectivity index (χ2n) is 5.20. The number of benzene rings is 1. The Morgan fingerprint density at radius 2 is 2.00 bits per heavy atom. The molecule has 0 aliphatic heterocycles. The van der Waals surface area contributed by atoms with Crippen molar-refractivity contribution in [3.05, 3.63) is 50.9 Å². The first kappa shape index (κ1) is 15.0. The molecule has 1 aromatic carbocycles. The highest BCUT2D eigenvalue weighted by Gasteiger charge is 2.51. The van der Waals surface area contributed by atoms with Crippen LogP contribution < -0.4 is 5.32 Å². The number of nitrogens with one attached hydrogen (secondary N) is 1. The van der Waals surface area contributed by atoms with Gasteiger partial charge < -0.3 is 10.4 Å². The highest BCUT2D eigenvalue weighted by molar-refractivity contribution is 7.09. The van der Waals surface area contributed by atoms with Crippen LogP contribution >= 0.6 is 22.9 Å². The minimum absolute atomic E-state index is 0.00749. The number of aromatic carboxylic acids is 1. The van der Waals surface area contributed by atoms with E-state index in [0.717, 1.165) is 18.4 Å². The Balaban J connectivity index is 1.66. The van der Waals surface area contributed by atoms with Crippen molar-refractivity contribution >= 4 is 34.8 Å². The molecule has 7 heteroatoms. The lowest BCUT2D eigenvalue weighted by Crippen LogP contribution is -2.34. The molecule has 1 aliphatic carbocycles. The van der Waals surface area contributed by atoms with Gasteiger partial charge in [0.05, 0.1) is 12.0 Å². The number of hydrogen-bond donors (Lipinski definition) is 2. The second kappa shape index (κ2) is 5.70. The molecule has 5 nitrogen and oxygen atoms in total. The third-order valence-corrected chi connectivity index (χ3v) is 4.85. The Morgan fingerprint density at radius 3 is 2.55 bits per heavy atom. The van der Waals surface area contributed by atoms with Gasteiger partial charge in [-0.1, -0.05) is 23.7 Å². The summed E-state index contributed by atoms with van der Waals surface area (Å²) in [5.74, 6) is -1.12. The summed E-state index contributed by atoms with van der Waals surface area (Å²) in [6.45, 7) is 0.242. The molecule has 1 aliphatic rings. The Hall–Kier alpha value is -1.92. The number of thiazole rings is 1. The first-order chi connectivity index (χ1) is 10.5. The van der Waals surface area contributed by atoms with Crippen LogP contribution in [0.2, 0.25) is 5.02 Å². The standard InChI is InChI=1S/C15H13ClN2O3S/c16-10-3-1-9(2-4-10)15(5-6-15)14(21)17-7-12-18-11(8-22-12)13(19)20/h1-4,8H,5-7H2,(H,17,21)(H,19,20). The number of carbonyl (C=O) groups excluding carboxylic acids is 1. The van der Waals surface area contributed by atoms with E-state index in [2.05, 4.69) is 10.3 Å². The van der Waals surface area contributed by atoms with Gasteiger partial charge in [-0.2, -0.15) is 0 Å². The number of halogens is 1. The van der Waals surface area contributed by atoms with E-state index < -0.39 is 11.4 Å². The van der Waals surface area contributed by atoms with Gasteiger partial charge in [0, 0.05) is 10.4 Å². The average molecular weight is 337 g/mol. The lowest BCUT2D eigenvalue weighted by molar-refractivity contribution is -0.123. The first-order valence-electron chi connectivity index (χ1n) is 6.73. The van der Waals surface area contributed by atoms with Crippen LogP contribution in [0.1, 0.15) is 33.9 Å². The van der Waals surface area contributed by atoms with Crippen molar-refractivity contribution in [1.82, 2.24) is 10.3 Å². The zero-order valence-electron chi connectivity index (χ0n) is 11.5. The fourth-order valence-corrected chi connectivity index (χ4v) is 3.19. The Labute approximate surface area is 136 Å². The number of carbonyl (C=O) groups is 2. The van der Waals surface area contributed by atoms with E-state index >= 15 is 0 Å². The maximum Gasteiger partial charge on any atom is 0.355 e. The molecule has 0 bridgehead atoms. The molecule has 0 saturated heterocycles. The third kappa shape index (κ3) is 2.84. The Morgan fingerprint density at radius 1 is 1.32 bits per heavy atom. The van der Waals surface area contributed by atoms with E-state index in [0.29, 0.717) is 10.0 Å². The van der Waals surface area contributed by atoms with Gasteiger partial charge >= 0.3 is 5.97 Å². The lowest BCUT2D eigenvalue weighted by Gasteiger charge is -2.15. The Kier molecular flexibility index (Phi) is 3.88. The zero-order chi connectivity index (χ0) is 15.7. The molecule has 0 unspecified atom stereocenters. The van der Waals surface area contributed by atoms with Gasteiger partial charge in [-0.3, -0.25) is 4.79 Å². The number of nitrogens with zero attached hydrogens (tertiary/aromatic N) is 1. The molecule has 2 N–H and O–H groups in total. The SMILES string of the molecule is O=C(O)c1csc(CNC(=O)C2(c3ccc(Cl)cc3)CC2)n1. The summed E-state index contributed by atoms with van der Waals surface area (Å²) in [5, 5.41) is 14.4. The number of amides is 1. The minimum atomic E-state index is -1.06. The molecule has 1 fully saturated rings. The molecule has 1 heterocycles. The van der Waals surface area contributed by atoms with Crippen molar-refractivity contribution in [3.8, 4) is 0 Å². The third-order valence-electron chi connectivity index (χ3n) is 3.75. The largest absolute Gasteiger partial charge is 0.476 e. The van der Waals surface area contributed by atoms with E-state index in [1.54, 1.807) is 12.1 Å². The molecule has 2 aromatic rings. The summed E-state index contributed by atoms with van der Waals surface area (Å²) < 4.78 is 0. The lowest BCUT2D eigenvalue weighted by atomic mass is 9.95. The summed E-state index contributed by atoms with van der Waals surface area (Å²) in [5.41, 5.74) is 0.491. The predicted molar refractivity (Wildman–Crippen MR) is 83.3 cm³/mol. The summed E-state index contributed by atoms with van der Waals surface area (Å²) >= 11 is 7.10. The number of hydrogen-bond acceptors (Lipinski definition) is 4. The summed E-state index contributed by atoms with van der Waals surface area (Å²) in [7, 11) is 0. The van der Waals surface area contributed by atoms with Gasteiger partial charge in [0.1, 0.15) is 5.01 Å². The number of carboxylic acid groups (broad SMARTS) is 1. The van der Waals surface area contributed by atoms with Crippen molar-refractivity contribution in [2.24, 2.45) is 0 Å². The van der Waals surface area contributed by atoms with Gasteiger partial charge in [0.15, 0.2) is 5.69 Å². The van der Waals surface area contributed by atoms with Crippen LogP contribution in [0.15, 0.2) is 29.6 Å². The molecular formula is C15H13ClN2O3S. The topological polar surface area (TPSA) is 79.3 Å². The smallest absolute Gasteiger partial charge is 0.355 e. The normalized spacial score (nSPS) is 15.3. The van der Waals surface area contributed by atoms with Crippen molar-refractivity contribution in [3.63, 3.8) is 0 Å². The number of aromatic nitrogens is 1. The summed E-state index contributed by atoms with van der Waals surface area (Å²) in [4.78, 5) is 27.2. The molecule has 0 radical (unpaired) electrons. The van der Waals surface area contributed by atoms with Crippen LogP contribution in [0, 0.1) is 0 Å². The van der Waals surface area contributed by atoms with E-state index in [1.165, 1.54) is 16.7 Å². The van der Waals surface area contributed by atoms with Crippen LogP contribution in [0.4, 0.5) is 0 Å². The van der Waals surface area contributed by atoms with Gasteiger partial charge in [0.25, 0.3) is 0 Å². The fraction of sp³-hybridized carbons (Fsp3) is 0.267. The summed E-state index contributed by atoms with van der Waals surface area (Å²) in [6, 6.07) is 7.32. The molecule has 0 atom stereocenters. The molecule has 1 aromatic heterocycles. The van der Waals surface area contributed by atoms with Crippen LogP contribution in [0.5, 0.6) is 0 Å². The maximum absolute atomic E-state index is 12.4. The van der Waals surface area contributed by atoms with Crippen LogP contribution in [0.25, 0.3) is 0 Å². The summed E-state index contributed by atoms with van der Waals surface area (Å²) in [6.07, 6.45) is 1.61. The van der Waals surface area contributed by atoms with E-state index in [1.807, 2.05) is 12.1 Å². The van der Waals surface area contributed by atoms with Crippen LogP contribution in [-0.4, -0.2) is 22.0 Å². The van der Waals surface area contributed by atoms with Gasteiger partial charge in [-0.25, -0.2) is 9.78 Å². The Bertz CT molecular complexity index is 723. The van der Waals surface area contributed by atoms with Crippen molar-refractivity contribution in [2.75, 3.05) is 0 Å². The monoisotopic (exact) mass is 336 g/mol. The van der Waals surface area contributed by atoms with Crippen LogP contribution in [0.3, 0.4) is 0 Å². The molecule has 1 amide bonds. The number of carboxylic acids is 1. The highest BCUT2D eigenvalue weighted by atomic mass is 35.5. The van der Waals surface area contributed by atoms with Gasteiger partial charge in [-0.05, 0) is 30.5 Å². The maximum atomic E-state index is 12.4. The van der Waals surface area contributed by atoms with Crippen molar-refractivity contribution in [2.45, 2.75) is 24.8 Å². The fourth-order valence-electron chi connectivity index (χ4n) is 2.36. The molecule has 114 valence electrons. The first-order valence-corrected chi connectivity index (χ1v) is 7.99. The number of rotatable bonds is 5. The second-order valence-corrected chi connectivity index (χ2v) is 6.58. The molecular weight excluding hydrogens is 324 g/mol. The van der Waals surface area contributed by atoms with E-state index in [4.69, 9.17) is 16.7 Å². The van der Waals surface area contributed by atoms with Gasteiger partial charge in [0.2, 0.25) is 5.91 Å².